The standard InChI is InChI=1S/C12H16F3N3O/c13-12(14,15)9-4-5-10(18-8-9)11(19)17-7-3-1-2-6-16/h4-5,8H,1-3,6-7,16H2,(H,17,19). The summed E-state index contributed by atoms with van der Waals surface area (Å²) in [7, 11) is 0. The van der Waals surface area contributed by atoms with Crippen molar-refractivity contribution in [2.75, 3.05) is 13.1 Å². The Balaban J connectivity index is 2.45. The van der Waals surface area contributed by atoms with E-state index in [4.69, 9.17) is 5.73 Å². The molecule has 0 aliphatic rings. The van der Waals surface area contributed by atoms with Gasteiger partial charge in [-0.05, 0) is 31.5 Å². The highest BCUT2D eigenvalue weighted by Gasteiger charge is 2.30. The van der Waals surface area contributed by atoms with Crippen LogP contribution in [0.2, 0.25) is 0 Å². The van der Waals surface area contributed by atoms with Crippen LogP contribution in [0.1, 0.15) is 35.3 Å². The van der Waals surface area contributed by atoms with Crippen molar-refractivity contribution in [2.24, 2.45) is 5.73 Å². The fraction of sp³-hybridized carbons (Fsp3) is 0.500. The van der Waals surface area contributed by atoms with Gasteiger partial charge in [0.15, 0.2) is 0 Å². The van der Waals surface area contributed by atoms with E-state index in [0.29, 0.717) is 19.3 Å². The first-order chi connectivity index (χ1) is 8.95. The Hall–Kier alpha value is -1.63. The Morgan fingerprint density at radius 2 is 2.00 bits per heavy atom. The average Bonchev–Trinajstić information content (AvgIpc) is 2.37. The van der Waals surface area contributed by atoms with Crippen molar-refractivity contribution in [1.82, 2.24) is 10.3 Å². The third-order valence-corrected chi connectivity index (χ3v) is 2.49. The maximum atomic E-state index is 12.3. The lowest BCUT2D eigenvalue weighted by Crippen LogP contribution is -2.25. The maximum Gasteiger partial charge on any atom is 0.417 e. The number of halogens is 3. The summed E-state index contributed by atoms with van der Waals surface area (Å²) in [5.74, 6) is -0.471. The van der Waals surface area contributed by atoms with Crippen LogP contribution in [0, 0.1) is 0 Å². The fourth-order valence-corrected chi connectivity index (χ4v) is 1.43. The van der Waals surface area contributed by atoms with Crippen molar-refractivity contribution >= 4 is 5.91 Å². The van der Waals surface area contributed by atoms with Crippen LogP contribution in [0.4, 0.5) is 13.2 Å². The van der Waals surface area contributed by atoms with E-state index in [1.165, 1.54) is 0 Å². The molecule has 1 aromatic rings. The van der Waals surface area contributed by atoms with Gasteiger partial charge in [-0.1, -0.05) is 6.42 Å². The summed E-state index contributed by atoms with van der Waals surface area (Å²) in [5.41, 5.74) is 4.43. The lowest BCUT2D eigenvalue weighted by molar-refractivity contribution is -0.137. The number of unbranched alkanes of at least 4 members (excludes halogenated alkanes) is 2. The number of hydrogen-bond donors (Lipinski definition) is 2. The molecule has 0 aliphatic carbocycles. The zero-order chi connectivity index (χ0) is 14.3. The highest BCUT2D eigenvalue weighted by molar-refractivity contribution is 5.92. The fourth-order valence-electron chi connectivity index (χ4n) is 1.43. The monoisotopic (exact) mass is 275 g/mol. The summed E-state index contributed by atoms with van der Waals surface area (Å²) in [6.45, 7) is 1.07. The molecular formula is C12H16F3N3O. The van der Waals surface area contributed by atoms with Gasteiger partial charge in [-0.25, -0.2) is 0 Å². The topological polar surface area (TPSA) is 68.0 Å². The Labute approximate surface area is 109 Å². The molecule has 0 atom stereocenters. The van der Waals surface area contributed by atoms with E-state index in [-0.39, 0.29) is 5.69 Å². The third kappa shape index (κ3) is 5.25. The number of carbonyl (C=O) groups excluding carboxylic acids is 1. The SMILES string of the molecule is NCCCCCNC(=O)c1ccc(C(F)(F)F)cn1. The first kappa shape index (κ1) is 15.4. The quantitative estimate of drug-likeness (QED) is 0.780. The van der Waals surface area contributed by atoms with Gasteiger partial charge < -0.3 is 11.1 Å². The van der Waals surface area contributed by atoms with E-state index in [9.17, 15) is 18.0 Å². The summed E-state index contributed by atoms with van der Waals surface area (Å²) >= 11 is 0. The van der Waals surface area contributed by atoms with Crippen LogP contribution >= 0.6 is 0 Å². The van der Waals surface area contributed by atoms with Gasteiger partial charge in [-0.2, -0.15) is 13.2 Å². The van der Waals surface area contributed by atoms with Crippen molar-refractivity contribution in [1.29, 1.82) is 0 Å². The predicted molar refractivity (Wildman–Crippen MR) is 64.5 cm³/mol. The number of hydrogen-bond acceptors (Lipinski definition) is 3. The first-order valence-corrected chi connectivity index (χ1v) is 5.96. The molecule has 1 heterocycles. The smallest absolute Gasteiger partial charge is 0.351 e. The summed E-state index contributed by atoms with van der Waals surface area (Å²) in [6, 6.07) is 1.91. The van der Waals surface area contributed by atoms with Gasteiger partial charge in [-0.15, -0.1) is 0 Å². The van der Waals surface area contributed by atoms with Crippen molar-refractivity contribution in [3.05, 3.63) is 29.6 Å². The molecule has 0 radical (unpaired) electrons. The van der Waals surface area contributed by atoms with E-state index >= 15 is 0 Å². The minimum Gasteiger partial charge on any atom is -0.351 e. The molecule has 0 unspecified atom stereocenters. The van der Waals surface area contributed by atoms with E-state index in [1.807, 2.05) is 0 Å². The second-order valence-corrected chi connectivity index (χ2v) is 4.04. The number of carbonyl (C=O) groups is 1. The minimum atomic E-state index is -4.44. The van der Waals surface area contributed by atoms with Crippen LogP contribution in [0.5, 0.6) is 0 Å². The van der Waals surface area contributed by atoms with Gasteiger partial charge in [0.1, 0.15) is 5.69 Å². The molecule has 0 bridgehead atoms. The first-order valence-electron chi connectivity index (χ1n) is 5.96. The van der Waals surface area contributed by atoms with Crippen molar-refractivity contribution < 1.29 is 18.0 Å². The Morgan fingerprint density at radius 1 is 1.26 bits per heavy atom. The van der Waals surface area contributed by atoms with Crippen molar-refractivity contribution in [3.63, 3.8) is 0 Å². The van der Waals surface area contributed by atoms with Crippen LogP contribution in [0.25, 0.3) is 0 Å². The summed E-state index contributed by atoms with van der Waals surface area (Å²) in [5, 5.41) is 2.59. The molecule has 0 aliphatic heterocycles. The van der Waals surface area contributed by atoms with Crippen molar-refractivity contribution in [2.45, 2.75) is 25.4 Å². The van der Waals surface area contributed by atoms with Gasteiger partial charge in [0.05, 0.1) is 5.56 Å². The van der Waals surface area contributed by atoms with E-state index < -0.39 is 17.6 Å². The third-order valence-electron chi connectivity index (χ3n) is 2.49. The normalized spacial score (nSPS) is 11.4. The Bertz CT molecular complexity index is 404. The molecule has 19 heavy (non-hydrogen) atoms. The molecule has 3 N–H and O–H groups in total. The molecular weight excluding hydrogens is 259 g/mol. The molecule has 1 rings (SSSR count). The van der Waals surface area contributed by atoms with Gasteiger partial charge in [0.25, 0.3) is 5.91 Å². The summed E-state index contributed by atoms with van der Waals surface area (Å²) in [6.07, 6.45) is -1.22. The average molecular weight is 275 g/mol. The second kappa shape index (κ2) is 7.08. The molecule has 0 fully saturated rings. The zero-order valence-corrected chi connectivity index (χ0v) is 10.3. The number of amides is 1. The number of nitrogens with one attached hydrogen (secondary N) is 1. The van der Waals surface area contributed by atoms with Crippen molar-refractivity contribution in [3.8, 4) is 0 Å². The molecule has 0 saturated heterocycles. The molecule has 1 aromatic heterocycles. The lowest BCUT2D eigenvalue weighted by atomic mass is 10.2. The van der Waals surface area contributed by atoms with Crippen LogP contribution in [-0.2, 0) is 6.18 Å². The van der Waals surface area contributed by atoms with E-state index in [1.54, 1.807) is 0 Å². The Kier molecular flexibility index (Phi) is 5.75. The highest BCUT2D eigenvalue weighted by atomic mass is 19.4. The second-order valence-electron chi connectivity index (χ2n) is 4.04. The van der Waals surface area contributed by atoms with Crippen LogP contribution in [0.3, 0.4) is 0 Å². The van der Waals surface area contributed by atoms with E-state index in [2.05, 4.69) is 10.3 Å². The number of pyridine rings is 1. The molecule has 7 heteroatoms. The number of nitrogens with two attached hydrogens (primary N) is 1. The van der Waals surface area contributed by atoms with Crippen LogP contribution < -0.4 is 11.1 Å². The number of aromatic nitrogens is 1. The molecule has 4 nitrogen and oxygen atoms in total. The molecule has 1 amide bonds. The lowest BCUT2D eigenvalue weighted by Gasteiger charge is -2.07. The number of rotatable bonds is 6. The molecule has 0 saturated carbocycles. The molecule has 0 spiro atoms. The Morgan fingerprint density at radius 3 is 2.53 bits per heavy atom. The largest absolute Gasteiger partial charge is 0.417 e. The van der Waals surface area contributed by atoms with E-state index in [0.717, 1.165) is 31.4 Å². The summed E-state index contributed by atoms with van der Waals surface area (Å²) in [4.78, 5) is 15.1. The maximum absolute atomic E-state index is 12.3. The van der Waals surface area contributed by atoms with Crippen LogP contribution in [0.15, 0.2) is 18.3 Å². The summed E-state index contributed by atoms with van der Waals surface area (Å²) < 4.78 is 36.9. The zero-order valence-electron chi connectivity index (χ0n) is 10.3. The number of nitrogens with zero attached hydrogens (tertiary/aromatic N) is 1. The predicted octanol–water partition coefficient (Wildman–Crippen LogP) is 1.96. The van der Waals surface area contributed by atoms with Gasteiger partial charge in [-0.3, -0.25) is 9.78 Å². The van der Waals surface area contributed by atoms with Gasteiger partial charge in [0, 0.05) is 12.7 Å². The highest BCUT2D eigenvalue weighted by Crippen LogP contribution is 2.28. The van der Waals surface area contributed by atoms with Crippen LogP contribution in [-0.4, -0.2) is 24.0 Å². The minimum absolute atomic E-state index is 0.0215. The molecule has 106 valence electrons. The van der Waals surface area contributed by atoms with Gasteiger partial charge >= 0.3 is 6.18 Å². The number of alkyl halides is 3. The van der Waals surface area contributed by atoms with Gasteiger partial charge in [0.2, 0.25) is 0 Å². The molecule has 0 aromatic carbocycles.